The van der Waals surface area contributed by atoms with Gasteiger partial charge in [-0.25, -0.2) is 9.78 Å². The second-order valence-electron chi connectivity index (χ2n) is 3.63. The van der Waals surface area contributed by atoms with Crippen LogP contribution in [0.1, 0.15) is 10.5 Å². The van der Waals surface area contributed by atoms with Gasteiger partial charge in [0, 0.05) is 19.3 Å². The van der Waals surface area contributed by atoms with E-state index >= 15 is 0 Å². The first kappa shape index (κ1) is 14.6. The number of rotatable bonds is 7. The summed E-state index contributed by atoms with van der Waals surface area (Å²) in [5.74, 6) is -1.86. The van der Waals surface area contributed by atoms with Crippen LogP contribution in [-0.2, 0) is 16.1 Å². The van der Waals surface area contributed by atoms with Gasteiger partial charge < -0.3 is 26.0 Å². The van der Waals surface area contributed by atoms with Crippen molar-refractivity contribution in [2.45, 2.75) is 6.54 Å². The number of carboxylic acid groups (broad SMARTS) is 1. The van der Waals surface area contributed by atoms with E-state index in [1.807, 2.05) is 0 Å². The first-order chi connectivity index (χ1) is 9.02. The van der Waals surface area contributed by atoms with E-state index in [2.05, 4.69) is 15.6 Å². The zero-order valence-electron chi connectivity index (χ0n) is 10.1. The number of nitrogens with one attached hydrogen (secondary N) is 2. The smallest absolute Gasteiger partial charge is 0.356 e. The lowest BCUT2D eigenvalue weighted by Gasteiger charge is -2.06. The van der Waals surface area contributed by atoms with Crippen LogP contribution in [0.25, 0.3) is 0 Å². The molecule has 0 aromatic carbocycles. The standard InChI is InChI=1S/C10H15N5O4/c11-3-8(16)13-4-9(17)12-1-2-15-5-7(10(18)19)14-6-15/h5-6H,1-4,11H2,(H,12,17)(H,13,16)(H,18,19). The Kier molecular flexibility index (Phi) is 5.48. The summed E-state index contributed by atoms with van der Waals surface area (Å²) in [7, 11) is 0. The highest BCUT2D eigenvalue weighted by Gasteiger charge is 2.07. The maximum atomic E-state index is 11.3. The largest absolute Gasteiger partial charge is 0.476 e. The summed E-state index contributed by atoms with van der Waals surface area (Å²) in [6.45, 7) is 0.379. The molecule has 0 atom stereocenters. The summed E-state index contributed by atoms with van der Waals surface area (Å²) >= 11 is 0. The van der Waals surface area contributed by atoms with Crippen LogP contribution in [0, 0.1) is 0 Å². The zero-order valence-corrected chi connectivity index (χ0v) is 10.1. The number of nitrogens with zero attached hydrogens (tertiary/aromatic N) is 2. The van der Waals surface area contributed by atoms with Gasteiger partial charge in [-0.3, -0.25) is 9.59 Å². The molecule has 1 rings (SSSR count). The Morgan fingerprint density at radius 2 is 2.05 bits per heavy atom. The van der Waals surface area contributed by atoms with Crippen LogP contribution in [-0.4, -0.2) is 52.1 Å². The maximum absolute atomic E-state index is 11.3. The maximum Gasteiger partial charge on any atom is 0.356 e. The van der Waals surface area contributed by atoms with Crippen LogP contribution >= 0.6 is 0 Å². The van der Waals surface area contributed by atoms with E-state index in [0.717, 1.165) is 0 Å². The minimum atomic E-state index is -1.10. The predicted octanol–water partition coefficient (Wildman–Crippen LogP) is -2.23. The number of aromatic nitrogens is 2. The number of carbonyl (C=O) groups is 3. The topological polar surface area (TPSA) is 139 Å². The molecular formula is C10H15N5O4. The minimum absolute atomic E-state index is 0.0541. The molecule has 104 valence electrons. The van der Waals surface area contributed by atoms with E-state index in [-0.39, 0.29) is 24.7 Å². The highest BCUT2D eigenvalue weighted by atomic mass is 16.4. The molecule has 0 spiro atoms. The normalized spacial score (nSPS) is 9.95. The van der Waals surface area contributed by atoms with Crippen molar-refractivity contribution < 1.29 is 19.5 Å². The van der Waals surface area contributed by atoms with Crippen LogP contribution in [0.2, 0.25) is 0 Å². The van der Waals surface area contributed by atoms with Crippen LogP contribution in [0.3, 0.4) is 0 Å². The molecule has 9 heteroatoms. The third kappa shape index (κ3) is 5.17. The van der Waals surface area contributed by atoms with Crippen LogP contribution in [0.15, 0.2) is 12.5 Å². The van der Waals surface area contributed by atoms with Gasteiger partial charge >= 0.3 is 5.97 Å². The van der Waals surface area contributed by atoms with Crippen molar-refractivity contribution in [3.63, 3.8) is 0 Å². The zero-order chi connectivity index (χ0) is 14.3. The monoisotopic (exact) mass is 269 g/mol. The third-order valence-corrected chi connectivity index (χ3v) is 2.18. The molecule has 1 aromatic heterocycles. The molecule has 0 saturated heterocycles. The van der Waals surface area contributed by atoms with E-state index in [0.29, 0.717) is 13.1 Å². The highest BCUT2D eigenvalue weighted by molar-refractivity contribution is 5.85. The highest BCUT2D eigenvalue weighted by Crippen LogP contribution is 1.95. The fraction of sp³-hybridized carbons (Fsp3) is 0.400. The van der Waals surface area contributed by atoms with Gasteiger partial charge in [-0.05, 0) is 0 Å². The molecule has 2 amide bonds. The van der Waals surface area contributed by atoms with Crippen molar-refractivity contribution in [3.05, 3.63) is 18.2 Å². The lowest BCUT2D eigenvalue weighted by molar-refractivity contribution is -0.125. The van der Waals surface area contributed by atoms with Crippen LogP contribution in [0.4, 0.5) is 0 Å². The van der Waals surface area contributed by atoms with Gasteiger partial charge in [0.1, 0.15) is 0 Å². The Labute approximate surface area is 108 Å². The molecule has 0 aliphatic carbocycles. The van der Waals surface area contributed by atoms with Gasteiger partial charge in [0.25, 0.3) is 0 Å². The number of carboxylic acids is 1. The average Bonchev–Trinajstić information content (AvgIpc) is 2.85. The molecule has 0 aliphatic heterocycles. The lowest BCUT2D eigenvalue weighted by Crippen LogP contribution is -2.40. The molecule has 5 N–H and O–H groups in total. The first-order valence-corrected chi connectivity index (χ1v) is 5.51. The second-order valence-corrected chi connectivity index (χ2v) is 3.63. The van der Waals surface area contributed by atoms with Crippen molar-refractivity contribution in [2.24, 2.45) is 5.73 Å². The molecule has 9 nitrogen and oxygen atoms in total. The Balaban J connectivity index is 2.24. The van der Waals surface area contributed by atoms with E-state index in [1.165, 1.54) is 12.5 Å². The fourth-order valence-electron chi connectivity index (χ4n) is 1.23. The van der Waals surface area contributed by atoms with Gasteiger partial charge in [0.2, 0.25) is 11.8 Å². The Hall–Kier alpha value is -2.42. The van der Waals surface area contributed by atoms with Crippen molar-refractivity contribution in [3.8, 4) is 0 Å². The SMILES string of the molecule is NCC(=O)NCC(=O)NCCn1cnc(C(=O)O)c1. The van der Waals surface area contributed by atoms with Crippen LogP contribution in [0.5, 0.6) is 0 Å². The number of hydrogen-bond donors (Lipinski definition) is 4. The third-order valence-electron chi connectivity index (χ3n) is 2.18. The number of hydrogen-bond acceptors (Lipinski definition) is 5. The Morgan fingerprint density at radius 1 is 1.32 bits per heavy atom. The quantitative estimate of drug-likeness (QED) is 0.442. The number of carbonyl (C=O) groups excluding carboxylic acids is 2. The number of aromatic carboxylic acids is 1. The van der Waals surface area contributed by atoms with Crippen molar-refractivity contribution in [1.29, 1.82) is 0 Å². The summed E-state index contributed by atoms with van der Waals surface area (Å²) in [4.78, 5) is 36.3. The van der Waals surface area contributed by atoms with Gasteiger partial charge in [0.15, 0.2) is 5.69 Å². The second kappa shape index (κ2) is 7.11. The lowest BCUT2D eigenvalue weighted by atomic mass is 10.5. The van der Waals surface area contributed by atoms with E-state index < -0.39 is 11.9 Å². The molecule has 0 bridgehead atoms. The van der Waals surface area contributed by atoms with Crippen molar-refractivity contribution in [2.75, 3.05) is 19.6 Å². The van der Waals surface area contributed by atoms with Crippen molar-refractivity contribution in [1.82, 2.24) is 20.2 Å². The summed E-state index contributed by atoms with van der Waals surface area (Å²) in [5.41, 5.74) is 5.01. The molecule has 1 heterocycles. The minimum Gasteiger partial charge on any atom is -0.476 e. The number of nitrogens with two attached hydrogens (primary N) is 1. The molecule has 0 aliphatic rings. The Morgan fingerprint density at radius 3 is 2.63 bits per heavy atom. The first-order valence-electron chi connectivity index (χ1n) is 5.51. The molecular weight excluding hydrogens is 254 g/mol. The van der Waals surface area contributed by atoms with Gasteiger partial charge in [0.05, 0.1) is 19.4 Å². The van der Waals surface area contributed by atoms with Crippen molar-refractivity contribution >= 4 is 17.8 Å². The predicted molar refractivity (Wildman–Crippen MR) is 64.3 cm³/mol. The van der Waals surface area contributed by atoms with Gasteiger partial charge in [-0.2, -0.15) is 0 Å². The van der Waals surface area contributed by atoms with E-state index in [9.17, 15) is 14.4 Å². The summed E-state index contributed by atoms with van der Waals surface area (Å²) in [6.07, 6.45) is 2.73. The molecule has 0 unspecified atom stereocenters. The average molecular weight is 269 g/mol. The molecule has 19 heavy (non-hydrogen) atoms. The fourth-order valence-corrected chi connectivity index (χ4v) is 1.23. The molecule has 0 fully saturated rings. The summed E-state index contributed by atoms with van der Waals surface area (Å²) in [5, 5.41) is 13.5. The Bertz CT molecular complexity index is 470. The molecule has 0 radical (unpaired) electrons. The summed E-state index contributed by atoms with van der Waals surface area (Å²) < 4.78 is 1.54. The van der Waals surface area contributed by atoms with Crippen LogP contribution < -0.4 is 16.4 Å². The van der Waals surface area contributed by atoms with E-state index in [4.69, 9.17) is 10.8 Å². The molecule has 0 saturated carbocycles. The number of amides is 2. The number of imidazole rings is 1. The summed E-state index contributed by atoms with van der Waals surface area (Å²) in [6, 6.07) is 0. The van der Waals surface area contributed by atoms with Gasteiger partial charge in [-0.1, -0.05) is 0 Å². The van der Waals surface area contributed by atoms with Gasteiger partial charge in [-0.15, -0.1) is 0 Å². The van der Waals surface area contributed by atoms with E-state index in [1.54, 1.807) is 4.57 Å². The molecule has 1 aromatic rings.